The lowest BCUT2D eigenvalue weighted by Gasteiger charge is -2.18. The SMILES string of the molecule is CC(C)(C)c1ccc(/C=C/S(=O)(=O)F)cc1. The van der Waals surface area contributed by atoms with E-state index in [-0.39, 0.29) is 5.41 Å². The second-order valence-corrected chi connectivity index (χ2v) is 5.87. The van der Waals surface area contributed by atoms with Crippen LogP contribution in [0.2, 0.25) is 0 Å². The zero-order valence-electron chi connectivity index (χ0n) is 9.57. The summed E-state index contributed by atoms with van der Waals surface area (Å²) in [5.41, 5.74) is 1.86. The van der Waals surface area contributed by atoms with Crippen molar-refractivity contribution >= 4 is 16.3 Å². The summed E-state index contributed by atoms with van der Waals surface area (Å²) in [6.07, 6.45) is 1.24. The molecule has 1 aromatic carbocycles. The highest BCUT2D eigenvalue weighted by atomic mass is 32.3. The second kappa shape index (κ2) is 4.37. The van der Waals surface area contributed by atoms with Gasteiger partial charge in [0.05, 0.1) is 5.41 Å². The van der Waals surface area contributed by atoms with Gasteiger partial charge in [-0.25, -0.2) is 0 Å². The molecule has 1 rings (SSSR count). The summed E-state index contributed by atoms with van der Waals surface area (Å²) in [7, 11) is -4.54. The number of rotatable bonds is 2. The molecule has 0 fully saturated rings. The highest BCUT2D eigenvalue weighted by Gasteiger charge is 2.12. The van der Waals surface area contributed by atoms with Gasteiger partial charge in [0.1, 0.15) is 0 Å². The third kappa shape index (κ3) is 4.14. The van der Waals surface area contributed by atoms with Gasteiger partial charge in [-0.2, -0.15) is 8.42 Å². The summed E-state index contributed by atoms with van der Waals surface area (Å²) >= 11 is 0. The summed E-state index contributed by atoms with van der Waals surface area (Å²) in [6, 6.07) is 7.35. The Hall–Kier alpha value is -1.16. The van der Waals surface area contributed by atoms with Crippen LogP contribution in [0.15, 0.2) is 29.7 Å². The molecule has 1 aromatic rings. The molecule has 0 bridgehead atoms. The molecule has 0 N–H and O–H groups in total. The van der Waals surface area contributed by atoms with Crippen LogP contribution in [0.1, 0.15) is 31.9 Å². The molecule has 0 unspecified atom stereocenters. The van der Waals surface area contributed by atoms with Crippen molar-refractivity contribution in [3.63, 3.8) is 0 Å². The van der Waals surface area contributed by atoms with E-state index < -0.39 is 10.2 Å². The fraction of sp³-hybridized carbons (Fsp3) is 0.333. The van der Waals surface area contributed by atoms with Crippen molar-refractivity contribution in [1.29, 1.82) is 0 Å². The predicted molar refractivity (Wildman–Crippen MR) is 64.2 cm³/mol. The maximum Gasteiger partial charge on any atom is 0.325 e. The number of hydrogen-bond donors (Lipinski definition) is 0. The molecule has 4 heteroatoms. The molecule has 0 atom stereocenters. The predicted octanol–water partition coefficient (Wildman–Crippen LogP) is 3.25. The lowest BCUT2D eigenvalue weighted by Crippen LogP contribution is -2.10. The van der Waals surface area contributed by atoms with Gasteiger partial charge in [0.15, 0.2) is 0 Å². The quantitative estimate of drug-likeness (QED) is 0.746. The van der Waals surface area contributed by atoms with Gasteiger partial charge in [0, 0.05) is 0 Å². The van der Waals surface area contributed by atoms with E-state index in [4.69, 9.17) is 0 Å². The second-order valence-electron chi connectivity index (χ2n) is 4.65. The normalized spacial score (nSPS) is 13.2. The molecule has 0 aliphatic carbocycles. The average Bonchev–Trinajstić information content (AvgIpc) is 2.13. The first-order valence-corrected chi connectivity index (χ1v) is 6.36. The first-order valence-electron chi connectivity index (χ1n) is 4.92. The van der Waals surface area contributed by atoms with E-state index in [1.165, 1.54) is 6.08 Å². The van der Waals surface area contributed by atoms with Crippen LogP contribution >= 0.6 is 0 Å². The average molecular weight is 242 g/mol. The third-order valence-electron chi connectivity index (χ3n) is 2.20. The maximum atomic E-state index is 12.2. The lowest BCUT2D eigenvalue weighted by atomic mass is 9.87. The van der Waals surface area contributed by atoms with Gasteiger partial charge in [0.2, 0.25) is 0 Å². The van der Waals surface area contributed by atoms with Gasteiger partial charge in [-0.15, -0.1) is 3.89 Å². The molecule has 2 nitrogen and oxygen atoms in total. The fourth-order valence-electron chi connectivity index (χ4n) is 1.25. The first-order chi connectivity index (χ1) is 7.18. The van der Waals surface area contributed by atoms with Crippen LogP contribution in [0.3, 0.4) is 0 Å². The Morgan fingerprint density at radius 3 is 2.00 bits per heavy atom. The molecule has 0 aliphatic heterocycles. The van der Waals surface area contributed by atoms with Crippen molar-refractivity contribution in [3.05, 3.63) is 40.8 Å². The van der Waals surface area contributed by atoms with E-state index in [2.05, 4.69) is 20.8 Å². The van der Waals surface area contributed by atoms with Crippen molar-refractivity contribution in [2.45, 2.75) is 26.2 Å². The van der Waals surface area contributed by atoms with Crippen LogP contribution in [0.4, 0.5) is 3.89 Å². The highest BCUT2D eigenvalue weighted by Crippen LogP contribution is 2.22. The smallest absolute Gasteiger partial charge is 0.190 e. The highest BCUT2D eigenvalue weighted by molar-refractivity contribution is 7.89. The van der Waals surface area contributed by atoms with Gasteiger partial charge in [0.25, 0.3) is 0 Å². The summed E-state index contributed by atoms with van der Waals surface area (Å²) < 4.78 is 32.8. The summed E-state index contributed by atoms with van der Waals surface area (Å²) in [6.45, 7) is 6.26. The molecule has 0 saturated carbocycles. The number of halogens is 1. The number of benzene rings is 1. The zero-order chi connectivity index (χ0) is 12.4. The minimum atomic E-state index is -4.54. The molecule has 0 radical (unpaired) electrons. The van der Waals surface area contributed by atoms with E-state index in [1.807, 2.05) is 12.1 Å². The Morgan fingerprint density at radius 1 is 1.12 bits per heavy atom. The third-order valence-corrected chi connectivity index (χ3v) is 2.66. The Labute approximate surface area is 96.0 Å². The summed E-state index contributed by atoms with van der Waals surface area (Å²) in [5, 5.41) is 0.555. The van der Waals surface area contributed by atoms with Gasteiger partial charge >= 0.3 is 10.2 Å². The van der Waals surface area contributed by atoms with Gasteiger partial charge < -0.3 is 0 Å². The van der Waals surface area contributed by atoms with Gasteiger partial charge in [-0.1, -0.05) is 45.0 Å². The molecule has 88 valence electrons. The molecular weight excluding hydrogens is 227 g/mol. The van der Waals surface area contributed by atoms with Crippen LogP contribution in [-0.2, 0) is 15.6 Å². The monoisotopic (exact) mass is 242 g/mol. The van der Waals surface area contributed by atoms with Crippen molar-refractivity contribution in [1.82, 2.24) is 0 Å². The van der Waals surface area contributed by atoms with Crippen molar-refractivity contribution in [3.8, 4) is 0 Å². The number of hydrogen-bond acceptors (Lipinski definition) is 2. The van der Waals surface area contributed by atoms with Crippen LogP contribution in [0.5, 0.6) is 0 Å². The Kier molecular flexibility index (Phi) is 3.53. The van der Waals surface area contributed by atoms with Crippen LogP contribution in [0, 0.1) is 0 Å². The van der Waals surface area contributed by atoms with Crippen LogP contribution in [0.25, 0.3) is 6.08 Å². The van der Waals surface area contributed by atoms with Gasteiger partial charge in [-0.05, 0) is 22.6 Å². The Bertz CT molecular complexity index is 479. The standard InChI is InChI=1S/C12H15FO2S/c1-12(2,3)11-6-4-10(5-7-11)8-9-16(13,14)15/h4-9H,1-3H3/b9-8+. The van der Waals surface area contributed by atoms with Crippen LogP contribution < -0.4 is 0 Å². The lowest BCUT2D eigenvalue weighted by molar-refractivity contribution is 0.563. The molecule has 0 aliphatic rings. The molecule has 0 saturated heterocycles. The van der Waals surface area contributed by atoms with E-state index in [0.717, 1.165) is 5.56 Å². The van der Waals surface area contributed by atoms with Crippen molar-refractivity contribution in [2.75, 3.05) is 0 Å². The van der Waals surface area contributed by atoms with E-state index in [0.29, 0.717) is 11.0 Å². The van der Waals surface area contributed by atoms with E-state index in [1.54, 1.807) is 12.1 Å². The van der Waals surface area contributed by atoms with Crippen LogP contribution in [-0.4, -0.2) is 8.42 Å². The first kappa shape index (κ1) is 12.9. The van der Waals surface area contributed by atoms with Crippen molar-refractivity contribution in [2.24, 2.45) is 0 Å². The molecule has 0 aromatic heterocycles. The summed E-state index contributed by atoms with van der Waals surface area (Å²) in [5.74, 6) is 0. The van der Waals surface area contributed by atoms with E-state index >= 15 is 0 Å². The van der Waals surface area contributed by atoms with Gasteiger partial charge in [-0.3, -0.25) is 0 Å². The molecular formula is C12H15FO2S. The fourth-order valence-corrected chi connectivity index (χ4v) is 1.57. The minimum absolute atomic E-state index is 0.0500. The maximum absolute atomic E-state index is 12.2. The Balaban J connectivity index is 2.93. The topological polar surface area (TPSA) is 34.1 Å². The zero-order valence-corrected chi connectivity index (χ0v) is 10.4. The molecule has 0 amide bonds. The largest absolute Gasteiger partial charge is 0.325 e. The molecule has 16 heavy (non-hydrogen) atoms. The minimum Gasteiger partial charge on any atom is -0.190 e. The van der Waals surface area contributed by atoms with E-state index in [9.17, 15) is 12.3 Å². The Morgan fingerprint density at radius 2 is 1.62 bits per heavy atom. The molecule has 0 heterocycles. The van der Waals surface area contributed by atoms with Crippen molar-refractivity contribution < 1.29 is 12.3 Å². The summed E-state index contributed by atoms with van der Waals surface area (Å²) in [4.78, 5) is 0. The molecule has 0 spiro atoms.